The zero-order valence-electron chi connectivity index (χ0n) is 8.19. The number of carbonyl (C=O) groups is 2. The Hall–Kier alpha value is -2.04. The van der Waals surface area contributed by atoms with E-state index in [2.05, 4.69) is 10.1 Å². The van der Waals surface area contributed by atoms with E-state index in [1.807, 2.05) is 0 Å². The summed E-state index contributed by atoms with van der Waals surface area (Å²) in [6.07, 6.45) is -0.370. The lowest BCUT2D eigenvalue weighted by Crippen LogP contribution is -2.17. The first-order chi connectivity index (χ1) is 7.13. The third kappa shape index (κ3) is 3.30. The van der Waals surface area contributed by atoms with Gasteiger partial charge in [-0.15, -0.1) is 0 Å². The van der Waals surface area contributed by atoms with Gasteiger partial charge in [0.1, 0.15) is 12.2 Å². The minimum Gasteiger partial charge on any atom is -0.506 e. The smallest absolute Gasteiger partial charge is 0.315 e. The van der Waals surface area contributed by atoms with Gasteiger partial charge in [0.25, 0.3) is 0 Å². The number of aromatic hydroxyl groups is 1. The van der Waals surface area contributed by atoms with Crippen molar-refractivity contribution in [3.8, 4) is 5.75 Å². The van der Waals surface area contributed by atoms with Crippen molar-refractivity contribution in [1.29, 1.82) is 0 Å². The molecule has 0 fully saturated rings. The van der Waals surface area contributed by atoms with Crippen molar-refractivity contribution >= 4 is 17.6 Å². The van der Waals surface area contributed by atoms with E-state index in [0.717, 1.165) is 0 Å². The number of methoxy groups -OCH3 is 1. The van der Waals surface area contributed by atoms with Crippen LogP contribution in [0.2, 0.25) is 0 Å². The van der Waals surface area contributed by atoms with Crippen LogP contribution < -0.4 is 5.32 Å². The molecule has 1 amide bonds. The van der Waals surface area contributed by atoms with Crippen LogP contribution >= 0.6 is 0 Å². The number of phenolic OH excluding ortho intramolecular Hbond substituents is 1. The van der Waals surface area contributed by atoms with Crippen LogP contribution in [-0.2, 0) is 14.3 Å². The van der Waals surface area contributed by atoms with Gasteiger partial charge in [0, 0.05) is 0 Å². The van der Waals surface area contributed by atoms with Gasteiger partial charge in [0.2, 0.25) is 5.91 Å². The molecule has 80 valence electrons. The highest BCUT2D eigenvalue weighted by molar-refractivity contribution is 6.02. The number of hydrogen-bond donors (Lipinski definition) is 2. The quantitative estimate of drug-likeness (QED) is 0.440. The average molecular weight is 209 g/mol. The molecule has 0 aliphatic rings. The van der Waals surface area contributed by atoms with Crippen LogP contribution in [-0.4, -0.2) is 24.1 Å². The van der Waals surface area contributed by atoms with Crippen LogP contribution in [0.15, 0.2) is 24.3 Å². The molecule has 2 N–H and O–H groups in total. The second kappa shape index (κ2) is 4.99. The highest BCUT2D eigenvalue weighted by atomic mass is 16.5. The molecule has 0 saturated heterocycles. The fourth-order valence-corrected chi connectivity index (χ4v) is 0.977. The molecule has 5 nitrogen and oxygen atoms in total. The summed E-state index contributed by atoms with van der Waals surface area (Å²) < 4.78 is 4.33. The molecule has 0 unspecified atom stereocenters. The Morgan fingerprint density at radius 2 is 2.07 bits per heavy atom. The number of esters is 1. The fourth-order valence-electron chi connectivity index (χ4n) is 0.977. The van der Waals surface area contributed by atoms with Crippen LogP contribution in [0.4, 0.5) is 5.69 Å². The van der Waals surface area contributed by atoms with Gasteiger partial charge in [0.15, 0.2) is 0 Å². The molecule has 15 heavy (non-hydrogen) atoms. The monoisotopic (exact) mass is 209 g/mol. The van der Waals surface area contributed by atoms with Gasteiger partial charge in [-0.1, -0.05) is 12.1 Å². The van der Waals surface area contributed by atoms with Crippen LogP contribution in [0.1, 0.15) is 6.42 Å². The van der Waals surface area contributed by atoms with Gasteiger partial charge in [-0.2, -0.15) is 0 Å². The largest absolute Gasteiger partial charge is 0.506 e. The Labute approximate surface area is 86.7 Å². The molecule has 0 radical (unpaired) electrons. The van der Waals surface area contributed by atoms with Gasteiger partial charge in [-0.05, 0) is 12.1 Å². The maximum atomic E-state index is 11.2. The Balaban J connectivity index is 2.59. The second-order valence-electron chi connectivity index (χ2n) is 2.82. The minimum absolute atomic E-state index is 0.0456. The summed E-state index contributed by atoms with van der Waals surface area (Å²) in [7, 11) is 1.20. The number of benzene rings is 1. The number of para-hydroxylation sites is 2. The van der Waals surface area contributed by atoms with Crippen molar-refractivity contribution in [2.75, 3.05) is 12.4 Å². The summed E-state index contributed by atoms with van der Waals surface area (Å²) >= 11 is 0. The lowest BCUT2D eigenvalue weighted by molar-refractivity contribution is -0.142. The predicted octanol–water partition coefficient (Wildman–Crippen LogP) is 0.894. The number of amides is 1. The number of nitrogens with one attached hydrogen (secondary N) is 1. The first kappa shape index (κ1) is 11.0. The normalized spacial score (nSPS) is 9.40. The van der Waals surface area contributed by atoms with Gasteiger partial charge in [-0.3, -0.25) is 9.59 Å². The van der Waals surface area contributed by atoms with Crippen molar-refractivity contribution < 1.29 is 19.4 Å². The number of anilines is 1. The highest BCUT2D eigenvalue weighted by Gasteiger charge is 2.10. The van der Waals surface area contributed by atoms with E-state index in [9.17, 15) is 14.7 Å². The third-order valence-corrected chi connectivity index (χ3v) is 1.71. The summed E-state index contributed by atoms with van der Waals surface area (Å²) in [5, 5.41) is 11.7. The number of ether oxygens (including phenoxy) is 1. The summed E-state index contributed by atoms with van der Waals surface area (Å²) in [6, 6.07) is 6.26. The maximum absolute atomic E-state index is 11.2. The predicted molar refractivity (Wildman–Crippen MR) is 53.4 cm³/mol. The molecule has 5 heteroatoms. The summed E-state index contributed by atoms with van der Waals surface area (Å²) in [6.45, 7) is 0. The molecule has 1 aromatic rings. The van der Waals surface area contributed by atoms with Gasteiger partial charge >= 0.3 is 5.97 Å². The second-order valence-corrected chi connectivity index (χ2v) is 2.82. The number of carbonyl (C=O) groups excluding carboxylic acids is 2. The average Bonchev–Trinajstić information content (AvgIpc) is 2.21. The van der Waals surface area contributed by atoms with Crippen molar-refractivity contribution in [3.63, 3.8) is 0 Å². The molecule has 0 atom stereocenters. The maximum Gasteiger partial charge on any atom is 0.315 e. The van der Waals surface area contributed by atoms with Gasteiger partial charge in [0.05, 0.1) is 12.8 Å². The minimum atomic E-state index is -0.622. The topological polar surface area (TPSA) is 75.6 Å². The van der Waals surface area contributed by atoms with Gasteiger partial charge in [-0.25, -0.2) is 0 Å². The molecule has 0 bridgehead atoms. The van der Waals surface area contributed by atoms with Crippen LogP contribution in [0.5, 0.6) is 5.75 Å². The van der Waals surface area contributed by atoms with Gasteiger partial charge < -0.3 is 15.2 Å². The van der Waals surface area contributed by atoms with Crippen molar-refractivity contribution in [3.05, 3.63) is 24.3 Å². The summed E-state index contributed by atoms with van der Waals surface area (Å²) in [5.74, 6) is -1.19. The van der Waals surface area contributed by atoms with E-state index in [0.29, 0.717) is 0 Å². The molecule has 0 heterocycles. The Bertz CT molecular complexity index is 375. The molecule has 1 aromatic carbocycles. The lowest BCUT2D eigenvalue weighted by atomic mass is 10.3. The molecule has 1 rings (SSSR count). The summed E-state index contributed by atoms with van der Waals surface area (Å²) in [4.78, 5) is 22.0. The van der Waals surface area contributed by atoms with Crippen molar-refractivity contribution in [2.45, 2.75) is 6.42 Å². The van der Waals surface area contributed by atoms with Crippen LogP contribution in [0.25, 0.3) is 0 Å². The highest BCUT2D eigenvalue weighted by Crippen LogP contribution is 2.21. The van der Waals surface area contributed by atoms with E-state index in [1.165, 1.54) is 19.2 Å². The SMILES string of the molecule is COC(=O)CC(=O)Nc1ccccc1O. The standard InChI is InChI=1S/C10H11NO4/c1-15-10(14)6-9(13)11-7-4-2-3-5-8(7)12/h2-5,12H,6H2,1H3,(H,11,13). The molecule has 0 spiro atoms. The zero-order valence-corrected chi connectivity index (χ0v) is 8.19. The van der Waals surface area contributed by atoms with E-state index in [4.69, 9.17) is 0 Å². The van der Waals surface area contributed by atoms with Crippen molar-refractivity contribution in [1.82, 2.24) is 0 Å². The first-order valence-electron chi connectivity index (χ1n) is 4.28. The fraction of sp³-hybridized carbons (Fsp3) is 0.200. The number of rotatable bonds is 3. The molecule has 0 aromatic heterocycles. The zero-order chi connectivity index (χ0) is 11.3. The number of phenols is 1. The lowest BCUT2D eigenvalue weighted by Gasteiger charge is -2.05. The Morgan fingerprint density at radius 1 is 1.40 bits per heavy atom. The molecular weight excluding hydrogens is 198 g/mol. The van der Waals surface area contributed by atoms with Crippen LogP contribution in [0.3, 0.4) is 0 Å². The van der Waals surface area contributed by atoms with E-state index >= 15 is 0 Å². The third-order valence-electron chi connectivity index (χ3n) is 1.71. The van der Waals surface area contributed by atoms with E-state index in [-0.39, 0.29) is 17.9 Å². The molecule has 0 aliphatic heterocycles. The molecular formula is C10H11NO4. The first-order valence-corrected chi connectivity index (χ1v) is 4.28. The van der Waals surface area contributed by atoms with Crippen LogP contribution in [0, 0.1) is 0 Å². The molecule has 0 saturated carbocycles. The number of hydrogen-bond acceptors (Lipinski definition) is 4. The van der Waals surface area contributed by atoms with E-state index < -0.39 is 11.9 Å². The molecule has 0 aliphatic carbocycles. The summed E-state index contributed by atoms with van der Waals surface area (Å²) in [5.41, 5.74) is 0.270. The van der Waals surface area contributed by atoms with Crippen molar-refractivity contribution in [2.24, 2.45) is 0 Å². The van der Waals surface area contributed by atoms with E-state index in [1.54, 1.807) is 12.1 Å². The Morgan fingerprint density at radius 3 is 2.67 bits per heavy atom. The Kier molecular flexibility index (Phi) is 3.68.